The van der Waals surface area contributed by atoms with Gasteiger partial charge in [0.05, 0.1) is 39.6 Å². The van der Waals surface area contributed by atoms with Crippen LogP contribution in [0.2, 0.25) is 0 Å². The van der Waals surface area contributed by atoms with E-state index in [9.17, 15) is 10.2 Å². The topological polar surface area (TPSA) is 83.0 Å². The summed E-state index contributed by atoms with van der Waals surface area (Å²) in [5.41, 5.74) is 0. The van der Waals surface area contributed by atoms with Gasteiger partial charge >= 0.3 is 103 Å². The fourth-order valence-corrected chi connectivity index (χ4v) is 0.880. The van der Waals surface area contributed by atoms with Crippen LogP contribution in [0.1, 0.15) is 0 Å². The van der Waals surface area contributed by atoms with E-state index >= 15 is 0 Å². The molecule has 0 atom stereocenters. The van der Waals surface area contributed by atoms with Crippen LogP contribution in [-0.4, -0.2) is 66.1 Å². The van der Waals surface area contributed by atoms with Crippen LogP contribution in [0.15, 0.2) is 0 Å². The molecule has 0 aliphatic carbocycles. The summed E-state index contributed by atoms with van der Waals surface area (Å²) in [6, 6.07) is 0. The molecule has 0 aromatic rings. The van der Waals surface area contributed by atoms with Crippen molar-refractivity contribution in [2.45, 2.75) is 0 Å². The summed E-state index contributed by atoms with van der Waals surface area (Å²) in [4.78, 5) is 0. The van der Waals surface area contributed by atoms with E-state index in [0.29, 0.717) is 39.6 Å². The van der Waals surface area contributed by atoms with Gasteiger partial charge in [-0.25, -0.2) is 0 Å². The number of rotatable bonds is 13. The van der Waals surface area contributed by atoms with Crippen LogP contribution in [0.4, 0.5) is 0 Å². The molecule has 0 saturated carbocycles. The Morgan fingerprint density at radius 1 is 0.444 bits per heavy atom. The van der Waals surface area contributed by atoms with Gasteiger partial charge in [0.1, 0.15) is 0 Å². The summed E-state index contributed by atoms with van der Waals surface area (Å²) in [5, 5.41) is 20.0. The van der Waals surface area contributed by atoms with Crippen molar-refractivity contribution in [2.75, 3.05) is 66.1 Å². The Balaban J connectivity index is -0.00000112. The van der Waals surface area contributed by atoms with Gasteiger partial charge in [-0.3, -0.25) is 0 Å². The van der Waals surface area contributed by atoms with E-state index in [4.69, 9.17) is 18.9 Å². The quantitative estimate of drug-likeness (QED) is 0.248. The minimum atomic E-state index is -0.216. The van der Waals surface area contributed by atoms with Crippen LogP contribution >= 0.6 is 0 Å². The third kappa shape index (κ3) is 24.1. The maximum Gasteiger partial charge on any atom is 1.00 e. The van der Waals surface area contributed by atoms with E-state index in [1.165, 1.54) is 0 Å². The molecule has 6 nitrogen and oxygen atoms in total. The summed E-state index contributed by atoms with van der Waals surface area (Å²) in [6.45, 7) is 2.83. The van der Waals surface area contributed by atoms with E-state index < -0.39 is 0 Å². The first-order valence-electron chi connectivity index (χ1n) is 5.39. The van der Waals surface area contributed by atoms with Gasteiger partial charge in [0.2, 0.25) is 0 Å². The minimum absolute atomic E-state index is 0. The Hall–Kier alpha value is 3.03. The Bertz CT molecular complexity index is 117. The summed E-state index contributed by atoms with van der Waals surface area (Å²) < 4.78 is 20.2. The van der Waals surface area contributed by atoms with E-state index in [-0.39, 0.29) is 129 Å². The van der Waals surface area contributed by atoms with Crippen LogP contribution in [-0.2, 0) is 18.9 Å². The van der Waals surface area contributed by atoms with Gasteiger partial charge in [-0.05, 0) is 0 Å². The Kier molecular flexibility index (Phi) is 36.1. The maximum atomic E-state index is 9.99. The van der Waals surface area contributed by atoms with Crippen LogP contribution < -0.4 is 113 Å². The van der Waals surface area contributed by atoms with Gasteiger partial charge in [-0.2, -0.15) is 0 Å². The van der Waals surface area contributed by atoms with Gasteiger partial charge < -0.3 is 29.2 Å². The van der Waals surface area contributed by atoms with Crippen molar-refractivity contribution in [3.05, 3.63) is 0 Å². The second-order valence-electron chi connectivity index (χ2n) is 2.86. The largest absolute Gasteiger partial charge is 1.00 e. The van der Waals surface area contributed by atoms with Crippen molar-refractivity contribution in [3.63, 3.8) is 0 Å². The molecule has 0 unspecified atom stereocenters. The molecule has 0 amide bonds. The molecule has 0 heterocycles. The number of hydrogen-bond donors (Lipinski definition) is 0. The van der Waals surface area contributed by atoms with Crippen LogP contribution in [0.3, 0.4) is 0 Å². The second kappa shape index (κ2) is 25.0. The molecule has 0 rings (SSSR count). The standard InChI is InChI=1S/C10H20O6.2K/c11-1-3-13-5-7-15-9-10-16-8-6-14-4-2-12;;/h1-10H2;;/q-2;2*+1. The van der Waals surface area contributed by atoms with Crippen molar-refractivity contribution in [2.24, 2.45) is 0 Å². The van der Waals surface area contributed by atoms with Crippen LogP contribution in [0, 0.1) is 0 Å². The van der Waals surface area contributed by atoms with Crippen molar-refractivity contribution in [1.29, 1.82) is 0 Å². The third-order valence-corrected chi connectivity index (χ3v) is 1.57. The first-order chi connectivity index (χ1) is 7.91. The van der Waals surface area contributed by atoms with E-state index in [2.05, 4.69) is 0 Å². The molecule has 98 valence electrons. The van der Waals surface area contributed by atoms with Crippen molar-refractivity contribution in [1.82, 2.24) is 0 Å². The van der Waals surface area contributed by atoms with Gasteiger partial charge in [0.25, 0.3) is 0 Å². The molecule has 0 aliphatic rings. The molecule has 0 aromatic heterocycles. The molecule has 0 N–H and O–H groups in total. The molecule has 0 aliphatic heterocycles. The average molecular weight is 314 g/mol. The minimum Gasteiger partial charge on any atom is -0.853 e. The zero-order chi connectivity index (χ0) is 11.9. The van der Waals surface area contributed by atoms with Gasteiger partial charge in [-0.1, -0.05) is 0 Å². The Morgan fingerprint density at radius 2 is 0.667 bits per heavy atom. The fraction of sp³-hybridized carbons (Fsp3) is 1.00. The third-order valence-electron chi connectivity index (χ3n) is 1.57. The van der Waals surface area contributed by atoms with Crippen molar-refractivity contribution in [3.8, 4) is 0 Å². The summed E-state index contributed by atoms with van der Waals surface area (Å²) in [6.07, 6.45) is 0. The molecule has 0 fully saturated rings. The first kappa shape index (κ1) is 26.0. The normalized spacial score (nSPS) is 9.67. The van der Waals surface area contributed by atoms with Crippen LogP contribution in [0.5, 0.6) is 0 Å². The molecular formula is C10H20K2O6. The first-order valence-corrected chi connectivity index (χ1v) is 5.39. The van der Waals surface area contributed by atoms with E-state index in [1.807, 2.05) is 0 Å². The molecule has 0 bridgehead atoms. The molecule has 8 heteroatoms. The zero-order valence-corrected chi connectivity index (χ0v) is 17.8. The zero-order valence-electron chi connectivity index (χ0n) is 11.5. The number of ether oxygens (including phenoxy) is 4. The monoisotopic (exact) mass is 314 g/mol. The maximum absolute atomic E-state index is 9.99. The second-order valence-corrected chi connectivity index (χ2v) is 2.86. The van der Waals surface area contributed by atoms with E-state index in [0.717, 1.165) is 0 Å². The molecule has 0 aromatic carbocycles. The smallest absolute Gasteiger partial charge is 0.853 e. The van der Waals surface area contributed by atoms with Gasteiger partial charge in [0, 0.05) is 13.2 Å². The molecular weight excluding hydrogens is 294 g/mol. The van der Waals surface area contributed by atoms with Crippen molar-refractivity contribution < 1.29 is 132 Å². The Labute approximate surface area is 194 Å². The molecule has 18 heavy (non-hydrogen) atoms. The molecule has 0 radical (unpaired) electrons. The Morgan fingerprint density at radius 3 is 0.889 bits per heavy atom. The summed E-state index contributed by atoms with van der Waals surface area (Å²) in [5.74, 6) is 0. The SMILES string of the molecule is [K+].[K+].[O-]CCOCCOCCOCCOCC[O-]. The predicted octanol–water partition coefficient (Wildman–Crippen LogP) is -8.22. The summed E-state index contributed by atoms with van der Waals surface area (Å²) >= 11 is 0. The average Bonchev–Trinajstić information content (AvgIpc) is 2.31. The number of hydrogen-bond acceptors (Lipinski definition) is 6. The van der Waals surface area contributed by atoms with E-state index in [1.54, 1.807) is 0 Å². The summed E-state index contributed by atoms with van der Waals surface area (Å²) in [7, 11) is 0. The van der Waals surface area contributed by atoms with Crippen LogP contribution in [0.25, 0.3) is 0 Å². The molecule has 0 saturated heterocycles. The predicted molar refractivity (Wildman–Crippen MR) is 53.0 cm³/mol. The fourth-order valence-electron chi connectivity index (χ4n) is 0.880. The molecule has 0 spiro atoms. The van der Waals surface area contributed by atoms with Gasteiger partial charge in [-0.15, -0.1) is 13.2 Å². The van der Waals surface area contributed by atoms with Gasteiger partial charge in [0.15, 0.2) is 0 Å². The van der Waals surface area contributed by atoms with Crippen molar-refractivity contribution >= 4 is 0 Å².